The zero-order valence-corrected chi connectivity index (χ0v) is 8.81. The van der Waals surface area contributed by atoms with Crippen LogP contribution >= 0.6 is 15.9 Å². The van der Waals surface area contributed by atoms with Gasteiger partial charge in [0.25, 0.3) is 0 Å². The third kappa shape index (κ3) is 2.36. The summed E-state index contributed by atoms with van der Waals surface area (Å²) in [5.41, 5.74) is 5.70. The number of amidine groups is 1. The third-order valence-corrected chi connectivity index (χ3v) is 3.06. The number of nitrogens with one attached hydrogen (secondary N) is 1. The molecule has 0 saturated carbocycles. The van der Waals surface area contributed by atoms with Crippen molar-refractivity contribution in [2.75, 3.05) is 0 Å². The Bertz CT molecular complexity index is 381. The first kappa shape index (κ1) is 10.4. The maximum Gasteiger partial charge on any atom is 0.122 e. The molecule has 0 radical (unpaired) electrons. The van der Waals surface area contributed by atoms with E-state index in [0.717, 1.165) is 0 Å². The van der Waals surface area contributed by atoms with Crippen molar-refractivity contribution in [2.24, 2.45) is 5.73 Å². The summed E-state index contributed by atoms with van der Waals surface area (Å²) in [6.07, 6.45) is 0. The lowest BCUT2D eigenvalue weighted by atomic mass is 10.2. The molecule has 3 N–H and O–H groups in total. The second-order valence-corrected chi connectivity index (χ2v) is 4.06. The minimum atomic E-state index is -2.27. The van der Waals surface area contributed by atoms with Gasteiger partial charge in [0.05, 0.1) is 0 Å². The van der Waals surface area contributed by atoms with E-state index in [1.165, 1.54) is 18.2 Å². The quantitative estimate of drug-likeness (QED) is 0.472. The van der Waals surface area contributed by atoms with E-state index in [1.807, 2.05) is 0 Å². The Hall–Kier alpha value is -0.720. The van der Waals surface area contributed by atoms with Gasteiger partial charge in [-0.15, -0.1) is 0 Å². The fourth-order valence-electron chi connectivity index (χ4n) is 0.804. The molecule has 0 saturated heterocycles. The zero-order valence-electron chi connectivity index (χ0n) is 6.41. The highest BCUT2D eigenvalue weighted by Crippen LogP contribution is 2.20. The summed E-state index contributed by atoms with van der Waals surface area (Å²) in [4.78, 5) is 0.157. The SMILES string of the molecule is N=C(N)c1ccc(S(=O)[O-])c(Br)c1. The Balaban J connectivity index is 3.20. The van der Waals surface area contributed by atoms with Crippen LogP contribution in [-0.4, -0.2) is 14.6 Å². The van der Waals surface area contributed by atoms with Crippen molar-refractivity contribution in [3.05, 3.63) is 28.2 Å². The van der Waals surface area contributed by atoms with Crippen molar-refractivity contribution >= 4 is 32.8 Å². The highest BCUT2D eigenvalue weighted by atomic mass is 79.9. The molecule has 0 heterocycles. The molecule has 0 aromatic heterocycles. The maximum absolute atomic E-state index is 10.6. The van der Waals surface area contributed by atoms with Gasteiger partial charge >= 0.3 is 0 Å². The van der Waals surface area contributed by atoms with Gasteiger partial charge in [0, 0.05) is 14.9 Å². The van der Waals surface area contributed by atoms with Crippen LogP contribution in [0.5, 0.6) is 0 Å². The number of halogens is 1. The van der Waals surface area contributed by atoms with Gasteiger partial charge in [-0.05, 0) is 39.1 Å². The van der Waals surface area contributed by atoms with Gasteiger partial charge in [-0.3, -0.25) is 9.62 Å². The van der Waals surface area contributed by atoms with Crippen molar-refractivity contribution in [3.63, 3.8) is 0 Å². The molecule has 6 heteroatoms. The molecule has 0 amide bonds. The Kier molecular flexibility index (Phi) is 3.18. The average Bonchev–Trinajstić information content (AvgIpc) is 2.03. The van der Waals surface area contributed by atoms with Crippen molar-refractivity contribution in [1.29, 1.82) is 5.41 Å². The second kappa shape index (κ2) is 3.99. The average molecular weight is 262 g/mol. The lowest BCUT2D eigenvalue weighted by molar-refractivity contribution is 0.536. The number of rotatable bonds is 2. The summed E-state index contributed by atoms with van der Waals surface area (Å²) in [5.74, 6) is -0.0936. The molecule has 0 aliphatic heterocycles. The van der Waals surface area contributed by atoms with E-state index < -0.39 is 11.1 Å². The lowest BCUT2D eigenvalue weighted by Crippen LogP contribution is -2.11. The van der Waals surface area contributed by atoms with E-state index in [2.05, 4.69) is 15.9 Å². The van der Waals surface area contributed by atoms with Gasteiger partial charge in [0.2, 0.25) is 0 Å². The van der Waals surface area contributed by atoms with Crippen molar-refractivity contribution in [3.8, 4) is 0 Å². The van der Waals surface area contributed by atoms with E-state index in [1.54, 1.807) is 0 Å². The fourth-order valence-corrected chi connectivity index (χ4v) is 1.98. The Morgan fingerprint density at radius 1 is 1.62 bits per heavy atom. The largest absolute Gasteiger partial charge is 0.768 e. The molecule has 1 atom stereocenters. The molecule has 4 nitrogen and oxygen atoms in total. The predicted octanol–water partition coefficient (Wildman–Crippen LogP) is 0.971. The smallest absolute Gasteiger partial charge is 0.122 e. The summed E-state index contributed by atoms with van der Waals surface area (Å²) in [6.45, 7) is 0. The van der Waals surface area contributed by atoms with Crippen LogP contribution in [0.3, 0.4) is 0 Å². The van der Waals surface area contributed by atoms with Gasteiger partial charge in [-0.25, -0.2) is 0 Å². The first-order chi connectivity index (χ1) is 6.02. The normalized spacial score (nSPS) is 12.5. The van der Waals surface area contributed by atoms with Crippen LogP contribution in [-0.2, 0) is 11.1 Å². The standard InChI is InChI=1S/C7H7BrN2O2S/c8-5-3-4(7(9)10)1-2-6(5)13(11)12/h1-3H,(H3,9,10)(H,11,12)/p-1. The van der Waals surface area contributed by atoms with E-state index >= 15 is 0 Å². The van der Waals surface area contributed by atoms with Crippen LogP contribution in [0.2, 0.25) is 0 Å². The van der Waals surface area contributed by atoms with Crippen LogP contribution in [0.4, 0.5) is 0 Å². The van der Waals surface area contributed by atoms with Crippen LogP contribution in [0.1, 0.15) is 5.56 Å². The van der Waals surface area contributed by atoms with Gasteiger partial charge in [0.15, 0.2) is 0 Å². The fraction of sp³-hybridized carbons (Fsp3) is 0. The maximum atomic E-state index is 10.6. The monoisotopic (exact) mass is 261 g/mol. The van der Waals surface area contributed by atoms with Gasteiger partial charge in [0.1, 0.15) is 5.84 Å². The molecule has 1 aromatic rings. The molecule has 1 aromatic carbocycles. The zero-order chi connectivity index (χ0) is 10.0. The molecule has 1 unspecified atom stereocenters. The van der Waals surface area contributed by atoms with E-state index in [9.17, 15) is 8.76 Å². The predicted molar refractivity (Wildman–Crippen MR) is 52.3 cm³/mol. The van der Waals surface area contributed by atoms with Gasteiger partial charge in [-0.1, -0.05) is 6.07 Å². The molecule has 1 rings (SSSR count). The highest BCUT2D eigenvalue weighted by molar-refractivity contribution is 9.10. The molecular weight excluding hydrogens is 256 g/mol. The van der Waals surface area contributed by atoms with Crippen molar-refractivity contribution in [2.45, 2.75) is 4.90 Å². The Labute approximate surface area is 86.1 Å². The Morgan fingerprint density at radius 2 is 2.23 bits per heavy atom. The van der Waals surface area contributed by atoms with Crippen molar-refractivity contribution in [1.82, 2.24) is 0 Å². The van der Waals surface area contributed by atoms with Crippen LogP contribution in [0, 0.1) is 5.41 Å². The topological polar surface area (TPSA) is 90.0 Å². The molecule has 0 aliphatic carbocycles. The molecular formula is C7H6BrN2O2S-. The number of benzene rings is 1. The third-order valence-electron chi connectivity index (χ3n) is 1.42. The minimum absolute atomic E-state index is 0.0936. The summed E-state index contributed by atoms with van der Waals surface area (Å²) in [7, 11) is 0. The van der Waals surface area contributed by atoms with E-state index in [-0.39, 0.29) is 10.7 Å². The number of nitrogens with two attached hydrogens (primary N) is 1. The second-order valence-electron chi connectivity index (χ2n) is 2.29. The molecule has 0 aliphatic rings. The van der Waals surface area contributed by atoms with Crippen LogP contribution in [0.15, 0.2) is 27.6 Å². The van der Waals surface area contributed by atoms with Gasteiger partial charge in [-0.2, -0.15) is 0 Å². The number of hydrogen-bond acceptors (Lipinski definition) is 3. The molecule has 0 spiro atoms. The Morgan fingerprint density at radius 3 is 2.62 bits per heavy atom. The summed E-state index contributed by atoms with van der Waals surface area (Å²) >= 11 is 0.801. The summed E-state index contributed by atoms with van der Waals surface area (Å²) in [6, 6.07) is 4.37. The minimum Gasteiger partial charge on any atom is -0.768 e. The van der Waals surface area contributed by atoms with E-state index in [4.69, 9.17) is 11.1 Å². The summed E-state index contributed by atoms with van der Waals surface area (Å²) < 4.78 is 21.6. The van der Waals surface area contributed by atoms with Crippen LogP contribution in [0.25, 0.3) is 0 Å². The molecule has 70 valence electrons. The van der Waals surface area contributed by atoms with E-state index in [0.29, 0.717) is 10.0 Å². The lowest BCUT2D eigenvalue weighted by Gasteiger charge is -2.08. The van der Waals surface area contributed by atoms with Crippen molar-refractivity contribution < 1.29 is 8.76 Å². The van der Waals surface area contributed by atoms with Crippen LogP contribution < -0.4 is 5.73 Å². The highest BCUT2D eigenvalue weighted by Gasteiger charge is 2.03. The number of hydrogen-bond donors (Lipinski definition) is 2. The summed E-state index contributed by atoms with van der Waals surface area (Å²) in [5, 5.41) is 7.11. The first-order valence-corrected chi connectivity index (χ1v) is 5.12. The molecule has 0 bridgehead atoms. The number of nitrogen functional groups attached to an aromatic ring is 1. The molecule has 0 fully saturated rings. The van der Waals surface area contributed by atoms with Gasteiger partial charge < -0.3 is 10.3 Å². The molecule has 13 heavy (non-hydrogen) atoms. The first-order valence-electron chi connectivity index (χ1n) is 3.25.